The van der Waals surface area contributed by atoms with E-state index in [0.29, 0.717) is 5.56 Å². The number of fused-ring (bicyclic) bond motifs is 1. The first-order valence-electron chi connectivity index (χ1n) is 7.60. The first kappa shape index (κ1) is 14.7. The Bertz CT molecular complexity index is 1000. The van der Waals surface area contributed by atoms with E-state index in [1.54, 1.807) is 23.5 Å². The Morgan fingerprint density at radius 1 is 1.12 bits per heavy atom. The molecule has 2 aromatic heterocycles. The topological polar surface area (TPSA) is 60.9 Å². The zero-order chi connectivity index (χ0) is 16.5. The quantitative estimate of drug-likeness (QED) is 0.618. The van der Waals surface area contributed by atoms with Gasteiger partial charge >= 0.3 is 0 Å². The summed E-state index contributed by atoms with van der Waals surface area (Å²) in [5.41, 5.74) is 9.90. The molecular formula is C19H15N3OS. The highest BCUT2D eigenvalue weighted by Crippen LogP contribution is 2.24. The van der Waals surface area contributed by atoms with Crippen LogP contribution < -0.4 is 5.73 Å². The lowest BCUT2D eigenvalue weighted by molar-refractivity contribution is 0.100. The van der Waals surface area contributed by atoms with E-state index >= 15 is 0 Å². The summed E-state index contributed by atoms with van der Waals surface area (Å²) in [6.07, 6.45) is 0.735. The Balaban J connectivity index is 1.93. The van der Waals surface area contributed by atoms with Gasteiger partial charge in [0.05, 0.1) is 11.0 Å². The van der Waals surface area contributed by atoms with Gasteiger partial charge in [-0.1, -0.05) is 18.2 Å². The highest BCUT2D eigenvalue weighted by atomic mass is 32.1. The number of nitrogens with two attached hydrogens (primary N) is 1. The van der Waals surface area contributed by atoms with Crippen molar-refractivity contribution >= 4 is 28.3 Å². The van der Waals surface area contributed by atoms with Gasteiger partial charge in [-0.2, -0.15) is 11.3 Å². The van der Waals surface area contributed by atoms with E-state index in [2.05, 4.69) is 33.5 Å². The Morgan fingerprint density at radius 2 is 1.96 bits per heavy atom. The number of primary amides is 1. The Morgan fingerprint density at radius 3 is 2.67 bits per heavy atom. The van der Waals surface area contributed by atoms with Gasteiger partial charge < -0.3 is 5.73 Å². The van der Waals surface area contributed by atoms with Crippen molar-refractivity contribution in [3.05, 3.63) is 82.3 Å². The molecule has 2 N–H and O–H groups in total. The molecule has 0 aliphatic heterocycles. The van der Waals surface area contributed by atoms with Gasteiger partial charge in [-0.25, -0.2) is 4.98 Å². The summed E-state index contributed by atoms with van der Waals surface area (Å²) >= 11 is 1.68. The van der Waals surface area contributed by atoms with Crippen molar-refractivity contribution in [3.63, 3.8) is 0 Å². The number of amides is 1. The van der Waals surface area contributed by atoms with Crippen LogP contribution in [0.4, 0.5) is 0 Å². The minimum Gasteiger partial charge on any atom is -0.366 e. The number of carbonyl (C=O) groups is 1. The second-order valence-electron chi connectivity index (χ2n) is 5.58. The molecule has 1 amide bonds. The van der Waals surface area contributed by atoms with Crippen LogP contribution in [0.5, 0.6) is 0 Å². The van der Waals surface area contributed by atoms with E-state index in [4.69, 9.17) is 10.7 Å². The summed E-state index contributed by atoms with van der Waals surface area (Å²) in [7, 11) is 0. The Hall–Kier alpha value is -2.92. The molecule has 4 rings (SSSR count). The molecule has 0 aliphatic carbocycles. The molecule has 0 saturated carbocycles. The van der Waals surface area contributed by atoms with Gasteiger partial charge in [0.15, 0.2) is 0 Å². The van der Waals surface area contributed by atoms with Gasteiger partial charge in [-0.15, -0.1) is 0 Å². The van der Waals surface area contributed by atoms with Gasteiger partial charge in [0.1, 0.15) is 5.82 Å². The second-order valence-corrected chi connectivity index (χ2v) is 6.36. The van der Waals surface area contributed by atoms with Crippen molar-refractivity contribution in [1.29, 1.82) is 0 Å². The number of carbonyl (C=O) groups excluding carboxylic acids is 1. The highest BCUT2D eigenvalue weighted by Gasteiger charge is 2.14. The number of hydrogen-bond acceptors (Lipinski definition) is 3. The third kappa shape index (κ3) is 2.59. The molecule has 0 unspecified atom stereocenters. The largest absolute Gasteiger partial charge is 0.366 e. The van der Waals surface area contributed by atoms with Crippen LogP contribution in [0.25, 0.3) is 16.7 Å². The minimum atomic E-state index is -0.439. The molecular weight excluding hydrogens is 318 g/mol. The molecule has 0 atom stereocenters. The molecule has 5 heteroatoms. The lowest BCUT2D eigenvalue weighted by atomic mass is 10.2. The van der Waals surface area contributed by atoms with E-state index in [1.807, 2.05) is 24.3 Å². The van der Waals surface area contributed by atoms with Crippen LogP contribution in [-0.2, 0) is 6.42 Å². The molecule has 118 valence electrons. The molecule has 0 fully saturated rings. The number of para-hydroxylation sites is 1. The molecule has 0 radical (unpaired) electrons. The summed E-state index contributed by atoms with van der Waals surface area (Å²) in [6.45, 7) is 0. The number of thiophene rings is 1. The number of nitrogens with zero attached hydrogens (tertiary/aromatic N) is 2. The maximum Gasteiger partial charge on any atom is 0.248 e. The lowest BCUT2D eigenvalue weighted by Gasteiger charge is -2.09. The lowest BCUT2D eigenvalue weighted by Crippen LogP contribution is -2.10. The average Bonchev–Trinajstić information content (AvgIpc) is 3.22. The van der Waals surface area contributed by atoms with Gasteiger partial charge in [0, 0.05) is 17.7 Å². The molecule has 0 spiro atoms. The van der Waals surface area contributed by atoms with Crippen LogP contribution in [-0.4, -0.2) is 15.5 Å². The summed E-state index contributed by atoms with van der Waals surface area (Å²) in [5, 5.41) is 4.19. The van der Waals surface area contributed by atoms with Crippen LogP contribution in [0.15, 0.2) is 65.4 Å². The summed E-state index contributed by atoms with van der Waals surface area (Å²) in [4.78, 5) is 16.2. The standard InChI is InChI=1S/C19H15N3OS/c20-19(23)14-6-7-17-16(11-14)21-18(10-13-8-9-24-12-13)22(17)15-4-2-1-3-5-15/h1-9,11-12H,10H2,(H2,20,23). The summed E-state index contributed by atoms with van der Waals surface area (Å²) in [5.74, 6) is 0.502. The van der Waals surface area contributed by atoms with E-state index in [-0.39, 0.29) is 0 Å². The fourth-order valence-electron chi connectivity index (χ4n) is 2.84. The number of imidazole rings is 1. The summed E-state index contributed by atoms with van der Waals surface area (Å²) < 4.78 is 2.14. The van der Waals surface area contributed by atoms with E-state index in [0.717, 1.165) is 29.0 Å². The molecule has 0 aliphatic rings. The third-order valence-electron chi connectivity index (χ3n) is 3.97. The van der Waals surface area contributed by atoms with Crippen LogP contribution in [0.1, 0.15) is 21.7 Å². The van der Waals surface area contributed by atoms with Gasteiger partial charge in [-0.3, -0.25) is 9.36 Å². The van der Waals surface area contributed by atoms with Crippen LogP contribution in [0.3, 0.4) is 0 Å². The van der Waals surface area contributed by atoms with E-state index in [1.165, 1.54) is 5.56 Å². The third-order valence-corrected chi connectivity index (χ3v) is 4.70. The highest BCUT2D eigenvalue weighted by molar-refractivity contribution is 7.07. The molecule has 0 saturated heterocycles. The van der Waals surface area contributed by atoms with Gasteiger partial charge in [0.25, 0.3) is 0 Å². The van der Waals surface area contributed by atoms with Crippen LogP contribution in [0.2, 0.25) is 0 Å². The van der Waals surface area contributed by atoms with Crippen molar-refractivity contribution in [3.8, 4) is 5.69 Å². The zero-order valence-corrected chi connectivity index (χ0v) is 13.7. The normalized spacial score (nSPS) is 11.0. The number of aromatic nitrogens is 2. The number of benzene rings is 2. The maximum atomic E-state index is 11.5. The maximum absolute atomic E-state index is 11.5. The fourth-order valence-corrected chi connectivity index (χ4v) is 3.51. The minimum absolute atomic E-state index is 0.439. The fraction of sp³-hybridized carbons (Fsp3) is 0.0526. The number of hydrogen-bond donors (Lipinski definition) is 1. The molecule has 4 nitrogen and oxygen atoms in total. The van der Waals surface area contributed by atoms with E-state index in [9.17, 15) is 4.79 Å². The van der Waals surface area contributed by atoms with Crippen molar-refractivity contribution in [1.82, 2.24) is 9.55 Å². The zero-order valence-electron chi connectivity index (χ0n) is 12.8. The molecule has 2 aromatic carbocycles. The predicted molar refractivity (Wildman–Crippen MR) is 96.7 cm³/mol. The van der Waals surface area contributed by atoms with Crippen molar-refractivity contribution in [2.45, 2.75) is 6.42 Å². The first-order chi connectivity index (χ1) is 11.7. The second kappa shape index (κ2) is 5.94. The summed E-state index contributed by atoms with van der Waals surface area (Å²) in [6, 6.07) is 17.6. The average molecular weight is 333 g/mol. The molecule has 0 bridgehead atoms. The SMILES string of the molecule is NC(=O)c1ccc2c(c1)nc(Cc1ccsc1)n2-c1ccccc1. The molecule has 24 heavy (non-hydrogen) atoms. The van der Waals surface area contributed by atoms with Crippen LogP contribution >= 0.6 is 11.3 Å². The predicted octanol–water partition coefficient (Wildman–Crippen LogP) is 3.78. The van der Waals surface area contributed by atoms with Crippen molar-refractivity contribution in [2.24, 2.45) is 5.73 Å². The van der Waals surface area contributed by atoms with E-state index < -0.39 is 5.91 Å². The monoisotopic (exact) mass is 333 g/mol. The number of rotatable bonds is 4. The smallest absolute Gasteiger partial charge is 0.248 e. The van der Waals surface area contributed by atoms with Crippen LogP contribution in [0, 0.1) is 0 Å². The van der Waals surface area contributed by atoms with Gasteiger partial charge in [-0.05, 0) is 52.7 Å². The van der Waals surface area contributed by atoms with Crippen molar-refractivity contribution in [2.75, 3.05) is 0 Å². The molecule has 2 heterocycles. The van der Waals surface area contributed by atoms with Crippen molar-refractivity contribution < 1.29 is 4.79 Å². The van der Waals surface area contributed by atoms with Gasteiger partial charge in [0.2, 0.25) is 5.91 Å². The first-order valence-corrected chi connectivity index (χ1v) is 8.54. The Kier molecular flexibility index (Phi) is 3.63. The molecule has 4 aromatic rings. The Labute approximate surface area is 143 Å².